The molecule has 0 aromatic carbocycles. The number of aromatic amines is 1. The van der Waals surface area contributed by atoms with E-state index in [2.05, 4.69) is 9.88 Å². The third-order valence-electron chi connectivity index (χ3n) is 3.37. The number of aromatic nitrogens is 2. The summed E-state index contributed by atoms with van der Waals surface area (Å²) in [5, 5.41) is 0. The second-order valence-electron chi connectivity index (χ2n) is 4.90. The van der Waals surface area contributed by atoms with Gasteiger partial charge in [-0.15, -0.1) is 0 Å². The molecule has 2 rings (SSSR count). The minimum absolute atomic E-state index is 0.0425. The van der Waals surface area contributed by atoms with E-state index in [9.17, 15) is 14.4 Å². The number of nitrogens with zero attached hydrogens (tertiary/aromatic N) is 2. The van der Waals surface area contributed by atoms with E-state index in [0.29, 0.717) is 6.54 Å². The minimum Gasteiger partial charge on any atom is -0.313 e. The van der Waals surface area contributed by atoms with Crippen LogP contribution in [0.4, 0.5) is 0 Å². The van der Waals surface area contributed by atoms with Crippen molar-refractivity contribution in [2.75, 3.05) is 20.1 Å². The number of likely N-dealkylation sites (tertiary alicyclic amines) is 1. The molecule has 1 aliphatic rings. The lowest BCUT2D eigenvalue weighted by Gasteiger charge is -2.12. The highest BCUT2D eigenvalue weighted by atomic mass is 16.2. The maximum atomic E-state index is 12.0. The lowest BCUT2D eigenvalue weighted by atomic mass is 10.1. The number of carbonyl (C=O) groups is 1. The SMILES string of the molecule is CC(=O)c1c[nH]c(=O)n(CC2CCN(C)C2)c1=O. The third kappa shape index (κ3) is 2.43. The molecule has 1 aromatic rings. The molecule has 1 unspecified atom stereocenters. The van der Waals surface area contributed by atoms with Crippen molar-refractivity contribution in [2.45, 2.75) is 19.9 Å². The van der Waals surface area contributed by atoms with Crippen LogP contribution in [0, 0.1) is 5.92 Å². The van der Waals surface area contributed by atoms with E-state index in [4.69, 9.17) is 0 Å². The molecule has 1 aromatic heterocycles. The first-order valence-electron chi connectivity index (χ1n) is 6.01. The summed E-state index contributed by atoms with van der Waals surface area (Å²) < 4.78 is 1.14. The number of rotatable bonds is 3. The zero-order chi connectivity index (χ0) is 13.3. The van der Waals surface area contributed by atoms with E-state index in [1.54, 1.807) is 0 Å². The average Bonchev–Trinajstić information content (AvgIpc) is 2.69. The van der Waals surface area contributed by atoms with Crippen LogP contribution >= 0.6 is 0 Å². The van der Waals surface area contributed by atoms with Crippen molar-refractivity contribution >= 4 is 5.78 Å². The van der Waals surface area contributed by atoms with Crippen molar-refractivity contribution in [3.8, 4) is 0 Å². The van der Waals surface area contributed by atoms with Gasteiger partial charge in [0.15, 0.2) is 5.78 Å². The van der Waals surface area contributed by atoms with E-state index in [1.807, 2.05) is 7.05 Å². The van der Waals surface area contributed by atoms with Gasteiger partial charge in [-0.25, -0.2) is 4.79 Å². The largest absolute Gasteiger partial charge is 0.328 e. The highest BCUT2D eigenvalue weighted by Gasteiger charge is 2.22. The standard InChI is InChI=1S/C12H17N3O3/c1-8(16)10-5-13-12(18)15(11(10)17)7-9-3-4-14(2)6-9/h5,9H,3-4,6-7H2,1-2H3,(H,13,18). The van der Waals surface area contributed by atoms with Crippen LogP contribution in [0.15, 0.2) is 15.8 Å². The van der Waals surface area contributed by atoms with Crippen LogP contribution in [0.3, 0.4) is 0 Å². The first-order chi connectivity index (χ1) is 8.49. The molecule has 1 N–H and O–H groups in total. The fraction of sp³-hybridized carbons (Fsp3) is 0.583. The molecule has 98 valence electrons. The minimum atomic E-state index is -0.485. The van der Waals surface area contributed by atoms with Crippen molar-refractivity contribution in [1.82, 2.24) is 14.5 Å². The molecule has 1 saturated heterocycles. The summed E-state index contributed by atoms with van der Waals surface area (Å²) in [7, 11) is 2.01. The molecule has 0 radical (unpaired) electrons. The summed E-state index contributed by atoms with van der Waals surface area (Å²) in [6, 6.07) is 0. The first-order valence-corrected chi connectivity index (χ1v) is 6.01. The zero-order valence-corrected chi connectivity index (χ0v) is 10.6. The van der Waals surface area contributed by atoms with Crippen LogP contribution in [-0.2, 0) is 6.54 Å². The van der Waals surface area contributed by atoms with Gasteiger partial charge in [0.1, 0.15) is 0 Å². The summed E-state index contributed by atoms with van der Waals surface area (Å²) in [6.45, 7) is 3.54. The summed E-state index contributed by atoms with van der Waals surface area (Å²) in [5.41, 5.74) is -0.888. The summed E-state index contributed by atoms with van der Waals surface area (Å²) >= 11 is 0. The van der Waals surface area contributed by atoms with Gasteiger partial charge in [0.05, 0.1) is 5.56 Å². The van der Waals surface area contributed by atoms with Crippen molar-refractivity contribution < 1.29 is 4.79 Å². The average molecular weight is 251 g/mol. The molecule has 0 saturated carbocycles. The number of H-pyrrole nitrogens is 1. The van der Waals surface area contributed by atoms with Gasteiger partial charge in [0.2, 0.25) is 0 Å². The molecule has 0 aliphatic carbocycles. The summed E-state index contributed by atoms with van der Waals surface area (Å²) in [4.78, 5) is 39.6. The molecule has 1 atom stereocenters. The number of hydrogen-bond acceptors (Lipinski definition) is 4. The van der Waals surface area contributed by atoms with Crippen molar-refractivity contribution in [3.63, 3.8) is 0 Å². The highest BCUT2D eigenvalue weighted by Crippen LogP contribution is 2.14. The monoisotopic (exact) mass is 251 g/mol. The number of carbonyl (C=O) groups excluding carboxylic acids is 1. The summed E-state index contributed by atoms with van der Waals surface area (Å²) in [5.74, 6) is -0.0375. The Morgan fingerprint density at radius 3 is 2.78 bits per heavy atom. The van der Waals surface area contributed by atoms with Gasteiger partial charge >= 0.3 is 5.69 Å². The first kappa shape index (κ1) is 12.8. The van der Waals surface area contributed by atoms with Crippen molar-refractivity contribution in [2.24, 2.45) is 5.92 Å². The fourth-order valence-electron chi connectivity index (χ4n) is 2.36. The Balaban J connectivity index is 2.32. The third-order valence-corrected chi connectivity index (χ3v) is 3.37. The molecule has 18 heavy (non-hydrogen) atoms. The van der Waals surface area contributed by atoms with Gasteiger partial charge in [-0.3, -0.25) is 14.2 Å². The van der Waals surface area contributed by atoms with Crippen LogP contribution in [0.5, 0.6) is 0 Å². The van der Waals surface area contributed by atoms with Crippen molar-refractivity contribution in [3.05, 3.63) is 32.6 Å². The molecule has 0 spiro atoms. The Labute approximate surface area is 104 Å². The van der Waals surface area contributed by atoms with E-state index in [1.165, 1.54) is 13.1 Å². The predicted molar refractivity (Wildman–Crippen MR) is 66.9 cm³/mol. The van der Waals surface area contributed by atoms with Crippen LogP contribution in [0.2, 0.25) is 0 Å². The molecular formula is C12H17N3O3. The van der Waals surface area contributed by atoms with E-state index in [0.717, 1.165) is 24.1 Å². The maximum absolute atomic E-state index is 12.0. The van der Waals surface area contributed by atoms with E-state index in [-0.39, 0.29) is 17.3 Å². The Hall–Kier alpha value is -1.69. The van der Waals surface area contributed by atoms with E-state index >= 15 is 0 Å². The topological polar surface area (TPSA) is 75.2 Å². The highest BCUT2D eigenvalue weighted by molar-refractivity contribution is 5.93. The summed E-state index contributed by atoms with van der Waals surface area (Å²) in [6.07, 6.45) is 2.16. The number of hydrogen-bond donors (Lipinski definition) is 1. The smallest absolute Gasteiger partial charge is 0.313 e. The lowest BCUT2D eigenvalue weighted by Crippen LogP contribution is -2.39. The molecular weight excluding hydrogens is 234 g/mol. The quantitative estimate of drug-likeness (QED) is 0.748. The van der Waals surface area contributed by atoms with Crippen LogP contribution in [0.1, 0.15) is 23.7 Å². The number of Topliss-reactive ketones (excluding diaryl/α,β-unsaturated/α-hetero) is 1. The molecule has 6 heteroatoms. The second kappa shape index (κ2) is 4.89. The van der Waals surface area contributed by atoms with Gasteiger partial charge in [0, 0.05) is 19.3 Å². The predicted octanol–water partition coefficient (Wildman–Crippen LogP) is -0.309. The Kier molecular flexibility index (Phi) is 3.47. The molecule has 6 nitrogen and oxygen atoms in total. The number of nitrogens with one attached hydrogen (secondary N) is 1. The fourth-order valence-corrected chi connectivity index (χ4v) is 2.36. The Morgan fingerprint density at radius 2 is 2.22 bits per heavy atom. The molecule has 1 aliphatic heterocycles. The zero-order valence-electron chi connectivity index (χ0n) is 10.6. The molecule has 0 amide bonds. The van der Waals surface area contributed by atoms with Crippen LogP contribution in [-0.4, -0.2) is 40.4 Å². The Morgan fingerprint density at radius 1 is 1.50 bits per heavy atom. The second-order valence-corrected chi connectivity index (χ2v) is 4.90. The molecule has 1 fully saturated rings. The maximum Gasteiger partial charge on any atom is 0.328 e. The lowest BCUT2D eigenvalue weighted by molar-refractivity contribution is 0.101. The van der Waals surface area contributed by atoms with Gasteiger partial charge in [-0.1, -0.05) is 0 Å². The number of ketones is 1. The Bertz CT molecular complexity index is 573. The van der Waals surface area contributed by atoms with Gasteiger partial charge in [-0.2, -0.15) is 0 Å². The normalized spacial score (nSPS) is 20.2. The van der Waals surface area contributed by atoms with Crippen LogP contribution < -0.4 is 11.2 Å². The van der Waals surface area contributed by atoms with Gasteiger partial charge in [-0.05, 0) is 32.9 Å². The molecule has 0 bridgehead atoms. The van der Waals surface area contributed by atoms with Gasteiger partial charge < -0.3 is 9.88 Å². The van der Waals surface area contributed by atoms with Crippen LogP contribution in [0.25, 0.3) is 0 Å². The molecule has 2 heterocycles. The van der Waals surface area contributed by atoms with Gasteiger partial charge in [0.25, 0.3) is 5.56 Å². The van der Waals surface area contributed by atoms with E-state index < -0.39 is 11.2 Å². The van der Waals surface area contributed by atoms with Crippen molar-refractivity contribution in [1.29, 1.82) is 0 Å².